The van der Waals surface area contributed by atoms with Gasteiger partial charge in [-0.15, -0.1) is 0 Å². The highest BCUT2D eigenvalue weighted by molar-refractivity contribution is 7.92. The molecule has 0 aromatic heterocycles. The molecule has 4 nitrogen and oxygen atoms in total. The number of Topliss-reactive ketones (excluding diaryl/α,β-unsaturated/α-hetero) is 1. The molecule has 37 heavy (non-hydrogen) atoms. The van der Waals surface area contributed by atoms with E-state index in [9.17, 15) is 40.3 Å². The maximum atomic E-state index is 14.8. The summed E-state index contributed by atoms with van der Waals surface area (Å²) in [7, 11) is -4.20. The summed E-state index contributed by atoms with van der Waals surface area (Å²) in [5.74, 6) is -1.67. The first-order valence-corrected chi connectivity index (χ1v) is 13.7. The number of aliphatic hydroxyl groups is 1. The number of aryl methyl sites for hydroxylation is 1. The van der Waals surface area contributed by atoms with Crippen LogP contribution in [0, 0.1) is 17.7 Å². The number of fused-ring (bicyclic) bond motifs is 3. The Balaban J connectivity index is 1.86. The molecule has 0 radical (unpaired) electrons. The molecule has 1 saturated carbocycles. The molecule has 202 valence electrons. The smallest absolute Gasteiger partial charge is 0.393 e. The minimum atomic E-state index is -5.15. The molecule has 0 spiro atoms. The Bertz CT molecular complexity index is 1280. The fraction of sp³-hybridized carbons (Fsp3) is 0.519. The summed E-state index contributed by atoms with van der Waals surface area (Å²) >= 11 is 0. The number of aliphatic hydroxyl groups excluding tert-OH is 1. The Morgan fingerprint density at radius 2 is 1.76 bits per heavy atom. The van der Waals surface area contributed by atoms with Gasteiger partial charge in [-0.2, -0.15) is 13.2 Å². The first-order chi connectivity index (χ1) is 17.1. The van der Waals surface area contributed by atoms with Crippen molar-refractivity contribution in [1.29, 1.82) is 0 Å². The number of alkyl halides is 4. The van der Waals surface area contributed by atoms with Crippen LogP contribution < -0.4 is 0 Å². The van der Waals surface area contributed by atoms with Gasteiger partial charge >= 0.3 is 6.18 Å². The van der Waals surface area contributed by atoms with Crippen molar-refractivity contribution in [2.45, 2.75) is 80.0 Å². The van der Waals surface area contributed by atoms with Gasteiger partial charge < -0.3 is 5.11 Å². The third-order valence-corrected chi connectivity index (χ3v) is 10.6. The molecule has 2 aliphatic rings. The highest BCUT2D eigenvalue weighted by atomic mass is 32.2. The van der Waals surface area contributed by atoms with Crippen LogP contribution in [-0.4, -0.2) is 31.6 Å². The van der Waals surface area contributed by atoms with E-state index in [-0.39, 0.29) is 48.7 Å². The quantitative estimate of drug-likeness (QED) is 0.346. The number of rotatable bonds is 7. The van der Waals surface area contributed by atoms with E-state index in [2.05, 4.69) is 0 Å². The molecule has 4 rings (SSSR count). The van der Waals surface area contributed by atoms with Crippen LogP contribution in [0.1, 0.15) is 62.6 Å². The van der Waals surface area contributed by atoms with Crippen molar-refractivity contribution in [3.05, 3.63) is 65.0 Å². The third-order valence-electron chi connectivity index (χ3n) is 8.03. The van der Waals surface area contributed by atoms with Gasteiger partial charge in [0.25, 0.3) is 0 Å². The predicted molar refractivity (Wildman–Crippen MR) is 127 cm³/mol. The first-order valence-electron chi connectivity index (χ1n) is 12.2. The zero-order valence-corrected chi connectivity index (χ0v) is 21.3. The number of carbonyl (C=O) groups is 1. The zero-order chi connectivity index (χ0) is 27.4. The fourth-order valence-electron chi connectivity index (χ4n) is 6.20. The monoisotopic (exact) mass is 544 g/mol. The molecule has 0 bridgehead atoms. The van der Waals surface area contributed by atoms with Gasteiger partial charge in [0.1, 0.15) is 16.3 Å². The molecule has 2 aliphatic carbocycles. The molecule has 2 aromatic carbocycles. The van der Waals surface area contributed by atoms with Crippen LogP contribution in [0.4, 0.5) is 22.0 Å². The van der Waals surface area contributed by atoms with Gasteiger partial charge in [-0.25, -0.2) is 17.2 Å². The van der Waals surface area contributed by atoms with E-state index in [4.69, 9.17) is 0 Å². The second-order valence-electron chi connectivity index (χ2n) is 10.5. The summed E-state index contributed by atoms with van der Waals surface area (Å²) < 4.78 is 95.4. The zero-order valence-electron chi connectivity index (χ0n) is 20.5. The Labute approximate surface area is 212 Å². The van der Waals surface area contributed by atoms with Gasteiger partial charge in [0, 0.05) is 12.8 Å². The predicted octanol–water partition coefficient (Wildman–Crippen LogP) is 5.94. The van der Waals surface area contributed by atoms with Crippen molar-refractivity contribution in [2.24, 2.45) is 11.8 Å². The number of benzene rings is 2. The lowest BCUT2D eigenvalue weighted by Gasteiger charge is -2.43. The van der Waals surface area contributed by atoms with Gasteiger partial charge in [0.15, 0.2) is 9.84 Å². The van der Waals surface area contributed by atoms with E-state index in [1.165, 1.54) is 13.0 Å². The van der Waals surface area contributed by atoms with E-state index in [0.717, 1.165) is 36.4 Å². The Hall–Kier alpha value is -2.33. The molecule has 0 heterocycles. The van der Waals surface area contributed by atoms with Crippen LogP contribution in [-0.2, 0) is 31.5 Å². The van der Waals surface area contributed by atoms with Crippen LogP contribution in [0.25, 0.3) is 0 Å². The Morgan fingerprint density at radius 3 is 2.35 bits per heavy atom. The van der Waals surface area contributed by atoms with Gasteiger partial charge in [0.05, 0.1) is 11.0 Å². The van der Waals surface area contributed by atoms with E-state index < -0.39 is 49.8 Å². The lowest BCUT2D eigenvalue weighted by molar-refractivity contribution is -0.228. The lowest BCUT2D eigenvalue weighted by Crippen LogP contribution is -2.45. The summed E-state index contributed by atoms with van der Waals surface area (Å²) in [6.07, 6.45) is -4.99. The van der Waals surface area contributed by atoms with Crippen LogP contribution in [0.3, 0.4) is 0 Å². The van der Waals surface area contributed by atoms with Crippen molar-refractivity contribution in [1.82, 2.24) is 0 Å². The van der Waals surface area contributed by atoms with Crippen molar-refractivity contribution in [2.75, 3.05) is 0 Å². The molecule has 10 heteroatoms. The average molecular weight is 545 g/mol. The van der Waals surface area contributed by atoms with E-state index in [1.807, 2.05) is 0 Å². The van der Waals surface area contributed by atoms with Crippen LogP contribution >= 0.6 is 0 Å². The number of halogens is 5. The molecule has 5 atom stereocenters. The third kappa shape index (κ3) is 4.60. The van der Waals surface area contributed by atoms with E-state index in [1.54, 1.807) is 0 Å². The minimum Gasteiger partial charge on any atom is -0.393 e. The van der Waals surface area contributed by atoms with Gasteiger partial charge in [0.2, 0.25) is 5.67 Å². The average Bonchev–Trinajstić information content (AvgIpc) is 3.17. The van der Waals surface area contributed by atoms with Crippen LogP contribution in [0.5, 0.6) is 0 Å². The fourth-order valence-corrected chi connectivity index (χ4v) is 8.70. The maximum Gasteiger partial charge on any atom is 0.426 e. The second-order valence-corrected chi connectivity index (χ2v) is 12.7. The van der Waals surface area contributed by atoms with Gasteiger partial charge in [-0.3, -0.25) is 4.79 Å². The molecule has 2 unspecified atom stereocenters. The minimum absolute atomic E-state index is 0.0621. The number of hydrogen-bond donors (Lipinski definition) is 1. The summed E-state index contributed by atoms with van der Waals surface area (Å²) in [6, 6.07) is 7.75. The van der Waals surface area contributed by atoms with Crippen molar-refractivity contribution in [3.8, 4) is 0 Å². The first kappa shape index (κ1) is 27.7. The molecule has 2 aromatic rings. The van der Waals surface area contributed by atoms with Crippen LogP contribution in [0.15, 0.2) is 47.4 Å². The molecule has 1 N–H and O–H groups in total. The molecule has 1 fully saturated rings. The van der Waals surface area contributed by atoms with Crippen molar-refractivity contribution >= 4 is 15.6 Å². The van der Waals surface area contributed by atoms with Gasteiger partial charge in [-0.1, -0.05) is 18.2 Å². The second kappa shape index (κ2) is 9.45. The Kier molecular flexibility index (Phi) is 7.07. The molecule has 0 aliphatic heterocycles. The SMILES string of the molecule is CC(O)CC(=O)C[C@@H]1CC[C@@]2(S(=O)(=O)c3ccc(F)cc3)c3ccc(C(C)(F)C(F)(F)F)cc3CC[C@@H]12. The number of ketones is 1. The number of sulfone groups is 1. The topological polar surface area (TPSA) is 71.4 Å². The lowest BCUT2D eigenvalue weighted by atomic mass is 9.72. The maximum absolute atomic E-state index is 14.8. The normalized spacial score (nSPS) is 26.2. The standard InChI is InChI=1S/C27H29F5O4S/c1-16(33)13-21(34)15-18-11-12-26(37(35,36)22-7-5-20(28)6-8-22)23(18)9-3-17-14-19(4-10-24(17)26)25(2,29)27(30,31)32/h4-8,10,14,16,18,23,33H,3,9,11-13,15H2,1-2H3/t16?,18-,23-,25?,26-/m0/s1. The summed E-state index contributed by atoms with van der Waals surface area (Å²) in [4.78, 5) is 12.4. The summed E-state index contributed by atoms with van der Waals surface area (Å²) in [6.45, 7) is 1.93. The molecular formula is C27H29F5O4S. The van der Waals surface area contributed by atoms with Gasteiger partial charge in [-0.05, 0) is 92.3 Å². The van der Waals surface area contributed by atoms with Crippen molar-refractivity contribution in [3.63, 3.8) is 0 Å². The molecular weight excluding hydrogens is 515 g/mol. The van der Waals surface area contributed by atoms with Crippen molar-refractivity contribution < 1.29 is 40.3 Å². The highest BCUT2D eigenvalue weighted by Crippen LogP contribution is 2.60. The largest absolute Gasteiger partial charge is 0.426 e. The van der Waals surface area contributed by atoms with E-state index >= 15 is 0 Å². The van der Waals surface area contributed by atoms with Crippen LogP contribution in [0.2, 0.25) is 0 Å². The van der Waals surface area contributed by atoms with E-state index in [0.29, 0.717) is 24.5 Å². The summed E-state index contributed by atoms with van der Waals surface area (Å²) in [5, 5.41) is 9.60. The number of carbonyl (C=O) groups excluding carboxylic acids is 1. The highest BCUT2D eigenvalue weighted by Gasteiger charge is 2.61. The number of hydrogen-bond acceptors (Lipinski definition) is 4. The molecule has 0 saturated heterocycles. The summed E-state index contributed by atoms with van der Waals surface area (Å²) in [5.41, 5.74) is -3.59. The molecule has 0 amide bonds. The Morgan fingerprint density at radius 1 is 1.11 bits per heavy atom.